The van der Waals surface area contributed by atoms with Crippen LogP contribution in [0.4, 0.5) is 5.69 Å². The first-order valence-electron chi connectivity index (χ1n) is 6.10. The van der Waals surface area contributed by atoms with Crippen molar-refractivity contribution in [3.8, 4) is 0 Å². The molecule has 0 aromatic heterocycles. The third kappa shape index (κ3) is 1.87. The average Bonchev–Trinajstić information content (AvgIpc) is 2.46. The van der Waals surface area contributed by atoms with E-state index in [-0.39, 0.29) is 0 Å². The van der Waals surface area contributed by atoms with Gasteiger partial charge in [-0.3, -0.25) is 0 Å². The molecule has 0 fully saturated rings. The average molecular weight is 250 g/mol. The van der Waals surface area contributed by atoms with Crippen LogP contribution in [0.1, 0.15) is 16.7 Å². The van der Waals surface area contributed by atoms with E-state index in [9.17, 15) is 0 Å². The number of rotatable bonds is 1. The Kier molecular flexibility index (Phi) is 2.76. The molecule has 1 aliphatic rings. The van der Waals surface area contributed by atoms with Gasteiger partial charge >= 0.3 is 0 Å². The Labute approximate surface area is 111 Å². The van der Waals surface area contributed by atoms with E-state index < -0.39 is 0 Å². The number of nitrogens with two attached hydrogens (primary N) is 1. The molecule has 4 N–H and O–H groups in total. The van der Waals surface area contributed by atoms with Crippen LogP contribution in [0, 0.1) is 5.53 Å². The van der Waals surface area contributed by atoms with Crippen molar-refractivity contribution in [3.63, 3.8) is 0 Å². The molecule has 1 heterocycles. The molecule has 3 rings (SSSR count). The second-order valence-electron chi connectivity index (χ2n) is 4.43. The fourth-order valence-corrected chi connectivity index (χ4v) is 2.36. The summed E-state index contributed by atoms with van der Waals surface area (Å²) in [5, 5.41) is 7.01. The number of nitrogens with one attached hydrogen (secondary N) is 2. The van der Waals surface area contributed by atoms with Crippen LogP contribution in [0.2, 0.25) is 0 Å². The molecule has 94 valence electrons. The molecule has 0 spiro atoms. The van der Waals surface area contributed by atoms with Crippen molar-refractivity contribution >= 4 is 17.1 Å². The number of benzene rings is 2. The Morgan fingerprint density at radius 1 is 1.00 bits per heavy atom. The zero-order valence-corrected chi connectivity index (χ0v) is 10.4. The number of hydrogen-bond donors (Lipinski definition) is 3. The Morgan fingerprint density at radius 3 is 2.47 bits per heavy atom. The lowest BCUT2D eigenvalue weighted by Gasteiger charge is -2.19. The Morgan fingerprint density at radius 2 is 1.68 bits per heavy atom. The number of fused-ring (bicyclic) bond motifs is 2. The van der Waals surface area contributed by atoms with Gasteiger partial charge in [-0.25, -0.2) is 5.53 Å². The van der Waals surface area contributed by atoms with Gasteiger partial charge in [-0.1, -0.05) is 42.5 Å². The van der Waals surface area contributed by atoms with E-state index >= 15 is 0 Å². The van der Waals surface area contributed by atoms with E-state index in [0.29, 0.717) is 17.9 Å². The minimum Gasteiger partial charge on any atom is -0.396 e. The summed E-state index contributed by atoms with van der Waals surface area (Å²) in [5.41, 5.74) is 18.6. The van der Waals surface area contributed by atoms with E-state index in [4.69, 9.17) is 11.3 Å². The van der Waals surface area contributed by atoms with Crippen molar-refractivity contribution in [2.45, 2.75) is 6.54 Å². The molecule has 2 aromatic carbocycles. The highest BCUT2D eigenvalue weighted by molar-refractivity contribution is 5.93. The van der Waals surface area contributed by atoms with Gasteiger partial charge in [0, 0.05) is 23.4 Å². The number of nitrogens with zero attached hydrogens (tertiary/aromatic N) is 1. The van der Waals surface area contributed by atoms with Crippen molar-refractivity contribution < 1.29 is 0 Å². The molecule has 1 aliphatic heterocycles. The van der Waals surface area contributed by atoms with Crippen LogP contribution in [0.15, 0.2) is 53.6 Å². The first-order valence-corrected chi connectivity index (χ1v) is 6.10. The van der Waals surface area contributed by atoms with Crippen molar-refractivity contribution in [2.75, 3.05) is 5.32 Å². The van der Waals surface area contributed by atoms with Gasteiger partial charge in [0.15, 0.2) is 0 Å². The van der Waals surface area contributed by atoms with Gasteiger partial charge in [-0.15, -0.1) is 0 Å². The highest BCUT2D eigenvalue weighted by Crippen LogP contribution is 2.33. The van der Waals surface area contributed by atoms with Crippen LogP contribution in [0.25, 0.3) is 11.4 Å². The highest BCUT2D eigenvalue weighted by Gasteiger charge is 2.17. The summed E-state index contributed by atoms with van der Waals surface area (Å²) >= 11 is 0. The second-order valence-corrected chi connectivity index (χ2v) is 4.43. The third-order valence-electron chi connectivity index (χ3n) is 3.33. The van der Waals surface area contributed by atoms with Gasteiger partial charge in [0.1, 0.15) is 5.70 Å². The topological polar surface area (TPSA) is 74.3 Å². The van der Waals surface area contributed by atoms with Crippen LogP contribution in [0.5, 0.6) is 0 Å². The summed E-state index contributed by atoms with van der Waals surface area (Å²) in [6.07, 6.45) is 0. The molecule has 0 bridgehead atoms. The molecule has 0 saturated heterocycles. The predicted octanol–water partition coefficient (Wildman–Crippen LogP) is 3.43. The SMILES string of the molecule is N=N/C1=C(\N)c2ccccc2CNc2ccccc21. The molecule has 0 unspecified atom stereocenters. The number of para-hydroxylation sites is 1. The molecule has 0 aliphatic carbocycles. The summed E-state index contributed by atoms with van der Waals surface area (Å²) in [6, 6.07) is 15.7. The van der Waals surface area contributed by atoms with Gasteiger partial charge in [0.05, 0.1) is 5.70 Å². The van der Waals surface area contributed by atoms with Crippen LogP contribution in [-0.2, 0) is 6.54 Å². The van der Waals surface area contributed by atoms with E-state index in [2.05, 4.69) is 10.4 Å². The third-order valence-corrected chi connectivity index (χ3v) is 3.33. The van der Waals surface area contributed by atoms with Gasteiger partial charge < -0.3 is 11.1 Å². The molecule has 2 aromatic rings. The maximum atomic E-state index is 7.43. The normalized spacial score (nSPS) is 17.5. The summed E-state index contributed by atoms with van der Waals surface area (Å²) in [4.78, 5) is 0. The van der Waals surface area contributed by atoms with Gasteiger partial charge in [-0.05, 0) is 11.6 Å². The van der Waals surface area contributed by atoms with Crippen molar-refractivity contribution in [1.82, 2.24) is 0 Å². The minimum atomic E-state index is 0.509. The fourth-order valence-electron chi connectivity index (χ4n) is 2.36. The highest BCUT2D eigenvalue weighted by atomic mass is 15.0. The lowest BCUT2D eigenvalue weighted by Crippen LogP contribution is -2.11. The van der Waals surface area contributed by atoms with E-state index in [0.717, 1.165) is 22.4 Å². The fraction of sp³-hybridized carbons (Fsp3) is 0.0667. The Bertz CT molecular complexity index is 673. The van der Waals surface area contributed by atoms with Crippen LogP contribution >= 0.6 is 0 Å². The summed E-state index contributed by atoms with van der Waals surface area (Å²) < 4.78 is 0. The molecule has 4 nitrogen and oxygen atoms in total. The van der Waals surface area contributed by atoms with Crippen LogP contribution in [-0.4, -0.2) is 0 Å². The van der Waals surface area contributed by atoms with Crippen LogP contribution in [0.3, 0.4) is 0 Å². The Balaban J connectivity index is 2.31. The van der Waals surface area contributed by atoms with Gasteiger partial charge in [0.2, 0.25) is 0 Å². The monoisotopic (exact) mass is 250 g/mol. The molecule has 0 radical (unpaired) electrons. The maximum Gasteiger partial charge on any atom is 0.118 e. The molecule has 19 heavy (non-hydrogen) atoms. The van der Waals surface area contributed by atoms with Gasteiger partial charge in [0.25, 0.3) is 0 Å². The lowest BCUT2D eigenvalue weighted by atomic mass is 9.98. The van der Waals surface area contributed by atoms with Gasteiger partial charge in [-0.2, -0.15) is 5.11 Å². The lowest BCUT2D eigenvalue weighted by molar-refractivity contribution is 1.10. The number of hydrogen-bond acceptors (Lipinski definition) is 4. The molecular weight excluding hydrogens is 236 g/mol. The number of anilines is 1. The van der Waals surface area contributed by atoms with E-state index in [1.54, 1.807) is 0 Å². The maximum absolute atomic E-state index is 7.43. The van der Waals surface area contributed by atoms with Crippen LogP contribution < -0.4 is 11.1 Å². The Hall–Kier alpha value is -2.62. The zero-order valence-electron chi connectivity index (χ0n) is 10.4. The predicted molar refractivity (Wildman–Crippen MR) is 76.4 cm³/mol. The quantitative estimate of drug-likeness (QED) is 0.678. The molecule has 4 heteroatoms. The smallest absolute Gasteiger partial charge is 0.118 e. The molecular formula is C15H14N4. The summed E-state index contributed by atoms with van der Waals surface area (Å²) in [7, 11) is 0. The zero-order chi connectivity index (χ0) is 13.2. The van der Waals surface area contributed by atoms with Crippen molar-refractivity contribution in [2.24, 2.45) is 10.8 Å². The standard InChI is InChI=1S/C15H14N4/c16-14-11-6-2-1-5-10(11)9-18-13-8-4-3-7-12(13)15(14)19-17/h1-8,17-18H,9,16H2/b15-14-,19-17?. The molecule has 0 amide bonds. The summed E-state index contributed by atoms with van der Waals surface area (Å²) in [6.45, 7) is 0.708. The summed E-state index contributed by atoms with van der Waals surface area (Å²) in [5.74, 6) is 0. The molecule has 0 atom stereocenters. The van der Waals surface area contributed by atoms with E-state index in [1.807, 2.05) is 48.5 Å². The van der Waals surface area contributed by atoms with E-state index in [1.165, 1.54) is 0 Å². The first-order chi connectivity index (χ1) is 9.31. The first kappa shape index (κ1) is 11.5. The second kappa shape index (κ2) is 4.57. The minimum absolute atomic E-state index is 0.509. The van der Waals surface area contributed by atoms with Crippen molar-refractivity contribution in [1.29, 1.82) is 5.53 Å². The molecule has 0 saturated carbocycles. The van der Waals surface area contributed by atoms with Crippen molar-refractivity contribution in [3.05, 3.63) is 65.2 Å². The largest absolute Gasteiger partial charge is 0.396 e.